The summed E-state index contributed by atoms with van der Waals surface area (Å²) in [6.45, 7) is 8.96. The van der Waals surface area contributed by atoms with Crippen LogP contribution in [0.25, 0.3) is 0 Å². The molecule has 78 valence electrons. The molecule has 2 nitrogen and oxygen atoms in total. The number of nitrogens with one attached hydrogen (secondary N) is 2. The van der Waals surface area contributed by atoms with Crippen molar-refractivity contribution < 1.29 is 0 Å². The molecule has 1 saturated carbocycles. The van der Waals surface area contributed by atoms with Crippen LogP contribution in [0.15, 0.2) is 0 Å². The second-order valence-corrected chi connectivity index (χ2v) is 4.67. The van der Waals surface area contributed by atoms with Gasteiger partial charge in [0.05, 0.1) is 0 Å². The Morgan fingerprint density at radius 2 is 1.85 bits per heavy atom. The molecule has 1 atom stereocenters. The third-order valence-electron chi connectivity index (χ3n) is 2.81. The Labute approximate surface area is 82.5 Å². The molecule has 13 heavy (non-hydrogen) atoms. The molecule has 0 spiro atoms. The summed E-state index contributed by atoms with van der Waals surface area (Å²) in [5, 5.41) is 7.02. The van der Waals surface area contributed by atoms with Crippen molar-refractivity contribution in [2.75, 3.05) is 13.1 Å². The summed E-state index contributed by atoms with van der Waals surface area (Å²) in [6, 6.07) is 1.22. The van der Waals surface area contributed by atoms with E-state index >= 15 is 0 Å². The molecule has 2 heteroatoms. The van der Waals surface area contributed by atoms with Gasteiger partial charge in [0.1, 0.15) is 0 Å². The van der Waals surface area contributed by atoms with Crippen LogP contribution in [0.2, 0.25) is 0 Å². The molecular formula is C11H24N2. The third kappa shape index (κ3) is 4.63. The van der Waals surface area contributed by atoms with E-state index in [4.69, 9.17) is 0 Å². The van der Waals surface area contributed by atoms with Crippen molar-refractivity contribution in [3.63, 3.8) is 0 Å². The molecule has 1 rings (SSSR count). The predicted octanol–water partition coefficient (Wildman–Crippen LogP) is 1.76. The minimum absolute atomic E-state index is 0.605. The average Bonchev–Trinajstić information content (AvgIpc) is 1.98. The van der Waals surface area contributed by atoms with E-state index in [0.29, 0.717) is 12.1 Å². The van der Waals surface area contributed by atoms with Crippen molar-refractivity contribution in [2.45, 2.75) is 52.1 Å². The van der Waals surface area contributed by atoms with Crippen LogP contribution in [-0.4, -0.2) is 25.2 Å². The van der Waals surface area contributed by atoms with Crippen molar-refractivity contribution in [3.8, 4) is 0 Å². The Morgan fingerprint density at radius 1 is 1.15 bits per heavy atom. The van der Waals surface area contributed by atoms with Crippen LogP contribution in [-0.2, 0) is 0 Å². The molecule has 1 fully saturated rings. The fourth-order valence-electron chi connectivity index (χ4n) is 1.55. The molecule has 1 unspecified atom stereocenters. The summed E-state index contributed by atoms with van der Waals surface area (Å²) in [5.41, 5.74) is 0. The topological polar surface area (TPSA) is 24.1 Å². The highest BCUT2D eigenvalue weighted by Crippen LogP contribution is 2.25. The molecule has 2 N–H and O–H groups in total. The molecule has 1 aliphatic carbocycles. The number of rotatable bonds is 6. The quantitative estimate of drug-likeness (QED) is 0.657. The first-order valence-corrected chi connectivity index (χ1v) is 5.65. The Hall–Kier alpha value is -0.0800. The molecule has 0 saturated heterocycles. The van der Waals surface area contributed by atoms with Gasteiger partial charge in [0.25, 0.3) is 0 Å². The van der Waals surface area contributed by atoms with E-state index in [0.717, 1.165) is 12.5 Å². The van der Waals surface area contributed by atoms with Gasteiger partial charge in [-0.1, -0.05) is 20.3 Å². The van der Waals surface area contributed by atoms with Gasteiger partial charge < -0.3 is 10.6 Å². The Morgan fingerprint density at radius 3 is 2.31 bits per heavy atom. The lowest BCUT2D eigenvalue weighted by Crippen LogP contribution is -2.41. The van der Waals surface area contributed by atoms with Crippen molar-refractivity contribution in [2.24, 2.45) is 5.92 Å². The van der Waals surface area contributed by atoms with E-state index in [1.165, 1.54) is 25.8 Å². The molecule has 0 aromatic carbocycles. The second kappa shape index (κ2) is 5.61. The van der Waals surface area contributed by atoms with Gasteiger partial charge in [-0.15, -0.1) is 0 Å². The largest absolute Gasteiger partial charge is 0.313 e. The first-order chi connectivity index (χ1) is 6.18. The lowest BCUT2D eigenvalue weighted by atomic mass is 9.85. The molecule has 0 bridgehead atoms. The normalized spacial score (nSPS) is 20.3. The van der Waals surface area contributed by atoms with Gasteiger partial charge in [-0.05, 0) is 32.2 Å². The van der Waals surface area contributed by atoms with Crippen LogP contribution < -0.4 is 10.6 Å². The highest BCUT2D eigenvalue weighted by molar-refractivity contribution is 4.74. The van der Waals surface area contributed by atoms with E-state index in [1.807, 2.05) is 0 Å². The van der Waals surface area contributed by atoms with Gasteiger partial charge in [-0.3, -0.25) is 0 Å². The zero-order chi connectivity index (χ0) is 9.68. The van der Waals surface area contributed by atoms with Gasteiger partial charge in [-0.2, -0.15) is 0 Å². The van der Waals surface area contributed by atoms with E-state index in [2.05, 4.69) is 31.4 Å². The molecule has 0 radical (unpaired) electrons. The zero-order valence-electron chi connectivity index (χ0n) is 9.27. The summed E-state index contributed by atoms with van der Waals surface area (Å²) < 4.78 is 0. The van der Waals surface area contributed by atoms with E-state index < -0.39 is 0 Å². The van der Waals surface area contributed by atoms with Crippen LogP contribution in [0.4, 0.5) is 0 Å². The Bertz CT molecular complexity index is 130. The number of hydrogen-bond acceptors (Lipinski definition) is 2. The van der Waals surface area contributed by atoms with Gasteiger partial charge in [-0.25, -0.2) is 0 Å². The summed E-state index contributed by atoms with van der Waals surface area (Å²) in [4.78, 5) is 0. The van der Waals surface area contributed by atoms with Crippen LogP contribution in [0.1, 0.15) is 40.0 Å². The Kier molecular flexibility index (Phi) is 4.74. The summed E-state index contributed by atoms with van der Waals surface area (Å²) in [6.07, 6.45) is 4.33. The van der Waals surface area contributed by atoms with Crippen LogP contribution >= 0.6 is 0 Å². The minimum atomic E-state index is 0.605. The SMILES string of the molecule is CC(C)NCC(C)NCC1CCC1. The first kappa shape index (κ1) is 11.0. The summed E-state index contributed by atoms with van der Waals surface area (Å²) in [7, 11) is 0. The van der Waals surface area contributed by atoms with Gasteiger partial charge >= 0.3 is 0 Å². The molecule has 0 aliphatic heterocycles. The van der Waals surface area contributed by atoms with E-state index in [-0.39, 0.29) is 0 Å². The first-order valence-electron chi connectivity index (χ1n) is 5.65. The molecular weight excluding hydrogens is 160 g/mol. The fraction of sp³-hybridized carbons (Fsp3) is 1.00. The van der Waals surface area contributed by atoms with E-state index in [1.54, 1.807) is 0 Å². The third-order valence-corrected chi connectivity index (χ3v) is 2.81. The maximum atomic E-state index is 3.58. The minimum Gasteiger partial charge on any atom is -0.313 e. The molecule has 0 aromatic rings. The molecule has 0 aromatic heterocycles. The highest BCUT2D eigenvalue weighted by atomic mass is 15.0. The maximum absolute atomic E-state index is 3.58. The smallest absolute Gasteiger partial charge is 0.0164 e. The van der Waals surface area contributed by atoms with Crippen LogP contribution in [0.3, 0.4) is 0 Å². The lowest BCUT2D eigenvalue weighted by molar-refractivity contribution is 0.289. The average molecular weight is 184 g/mol. The number of hydrogen-bond donors (Lipinski definition) is 2. The second-order valence-electron chi connectivity index (χ2n) is 4.67. The van der Waals surface area contributed by atoms with E-state index in [9.17, 15) is 0 Å². The van der Waals surface area contributed by atoms with Gasteiger partial charge in [0.2, 0.25) is 0 Å². The summed E-state index contributed by atoms with van der Waals surface area (Å²) >= 11 is 0. The van der Waals surface area contributed by atoms with Gasteiger partial charge in [0.15, 0.2) is 0 Å². The standard InChI is InChI=1S/C11H24N2/c1-9(2)12-7-10(3)13-8-11-5-4-6-11/h9-13H,4-8H2,1-3H3. The van der Waals surface area contributed by atoms with Crippen molar-refractivity contribution in [3.05, 3.63) is 0 Å². The van der Waals surface area contributed by atoms with Crippen molar-refractivity contribution >= 4 is 0 Å². The maximum Gasteiger partial charge on any atom is 0.0164 e. The van der Waals surface area contributed by atoms with Crippen LogP contribution in [0.5, 0.6) is 0 Å². The molecule has 0 heterocycles. The van der Waals surface area contributed by atoms with Crippen molar-refractivity contribution in [1.29, 1.82) is 0 Å². The molecule has 0 amide bonds. The summed E-state index contributed by atoms with van der Waals surface area (Å²) in [5.74, 6) is 0.974. The lowest BCUT2D eigenvalue weighted by Gasteiger charge is -2.27. The van der Waals surface area contributed by atoms with Crippen LogP contribution in [0, 0.1) is 5.92 Å². The molecule has 1 aliphatic rings. The van der Waals surface area contributed by atoms with Gasteiger partial charge in [0, 0.05) is 18.6 Å². The Balaban J connectivity index is 1.93. The van der Waals surface area contributed by atoms with Crippen molar-refractivity contribution in [1.82, 2.24) is 10.6 Å². The zero-order valence-corrected chi connectivity index (χ0v) is 9.27. The monoisotopic (exact) mass is 184 g/mol. The predicted molar refractivity (Wildman–Crippen MR) is 57.9 cm³/mol. The fourth-order valence-corrected chi connectivity index (χ4v) is 1.55. The highest BCUT2D eigenvalue weighted by Gasteiger charge is 2.17.